The maximum atomic E-state index is 12.6. The van der Waals surface area contributed by atoms with E-state index in [0.717, 1.165) is 35.3 Å². The van der Waals surface area contributed by atoms with Crippen LogP contribution in [0.15, 0.2) is 59.0 Å². The predicted molar refractivity (Wildman–Crippen MR) is 97.1 cm³/mol. The molecule has 1 unspecified atom stereocenters. The van der Waals surface area contributed by atoms with Gasteiger partial charge in [0.2, 0.25) is 5.91 Å². The number of para-hydroxylation sites is 2. The molecule has 3 aromatic rings. The summed E-state index contributed by atoms with van der Waals surface area (Å²) in [6.45, 7) is 5.54. The van der Waals surface area contributed by atoms with Gasteiger partial charge in [-0.05, 0) is 37.2 Å². The van der Waals surface area contributed by atoms with E-state index in [2.05, 4.69) is 17.6 Å². The van der Waals surface area contributed by atoms with Gasteiger partial charge in [0.05, 0.1) is 5.92 Å². The summed E-state index contributed by atoms with van der Waals surface area (Å²) in [5.41, 5.74) is 2.72. The number of fused-ring (bicyclic) bond motifs is 1. The molecule has 0 spiro atoms. The molecule has 124 valence electrons. The highest BCUT2D eigenvalue weighted by atomic mass is 16.3. The number of carbonyl (C=O) groups is 1. The number of hydrogen-bond donors (Lipinski definition) is 2. The van der Waals surface area contributed by atoms with Crippen molar-refractivity contribution in [1.29, 1.82) is 0 Å². The molecule has 1 atom stereocenters. The molecule has 0 aliphatic rings. The van der Waals surface area contributed by atoms with Crippen molar-refractivity contribution >= 4 is 22.6 Å². The number of benzene rings is 2. The van der Waals surface area contributed by atoms with E-state index in [0.29, 0.717) is 5.76 Å². The number of carbonyl (C=O) groups excluding carboxylic acids is 1. The van der Waals surface area contributed by atoms with E-state index in [1.807, 2.05) is 61.5 Å². The molecule has 24 heavy (non-hydrogen) atoms. The lowest BCUT2D eigenvalue weighted by molar-refractivity contribution is -0.117. The fourth-order valence-electron chi connectivity index (χ4n) is 2.64. The van der Waals surface area contributed by atoms with E-state index < -0.39 is 0 Å². The lowest BCUT2D eigenvalue weighted by Crippen LogP contribution is -2.20. The molecule has 4 heteroatoms. The molecule has 0 saturated carbocycles. The smallest absolute Gasteiger partial charge is 0.234 e. The summed E-state index contributed by atoms with van der Waals surface area (Å²) in [6, 6.07) is 17.6. The second-order valence-electron chi connectivity index (χ2n) is 5.84. The van der Waals surface area contributed by atoms with Crippen LogP contribution in [-0.2, 0) is 11.3 Å². The standard InChI is InChI=1S/C20H22N2O2/c1-3-21-13-16-9-4-6-10-17(16)22-20(23)14(2)19-12-15-8-5-7-11-18(15)24-19/h4-12,14,21H,3,13H2,1-2H3,(H,22,23). The lowest BCUT2D eigenvalue weighted by atomic mass is 10.1. The largest absolute Gasteiger partial charge is 0.460 e. The van der Waals surface area contributed by atoms with Crippen LogP contribution in [-0.4, -0.2) is 12.5 Å². The number of nitrogens with one attached hydrogen (secondary N) is 2. The molecule has 3 rings (SSSR count). The van der Waals surface area contributed by atoms with Crippen LogP contribution in [0.2, 0.25) is 0 Å². The van der Waals surface area contributed by atoms with Crippen LogP contribution in [0, 0.1) is 0 Å². The first-order chi connectivity index (χ1) is 11.7. The molecular weight excluding hydrogens is 300 g/mol. The Morgan fingerprint density at radius 1 is 1.12 bits per heavy atom. The number of rotatable bonds is 6. The quantitative estimate of drug-likeness (QED) is 0.712. The van der Waals surface area contributed by atoms with Gasteiger partial charge in [0.15, 0.2) is 0 Å². The second-order valence-corrected chi connectivity index (χ2v) is 5.84. The zero-order valence-corrected chi connectivity index (χ0v) is 14.0. The molecule has 0 fully saturated rings. The van der Waals surface area contributed by atoms with E-state index in [9.17, 15) is 4.79 Å². The number of amides is 1. The Hall–Kier alpha value is -2.59. The van der Waals surface area contributed by atoms with Crippen LogP contribution in [0.5, 0.6) is 0 Å². The second kappa shape index (κ2) is 7.32. The summed E-state index contributed by atoms with van der Waals surface area (Å²) >= 11 is 0. The summed E-state index contributed by atoms with van der Waals surface area (Å²) in [4.78, 5) is 12.6. The Kier molecular flexibility index (Phi) is 4.96. The van der Waals surface area contributed by atoms with E-state index in [-0.39, 0.29) is 11.8 Å². The molecule has 0 bridgehead atoms. The fourth-order valence-corrected chi connectivity index (χ4v) is 2.64. The van der Waals surface area contributed by atoms with Gasteiger partial charge in [0, 0.05) is 17.6 Å². The van der Waals surface area contributed by atoms with Crippen molar-refractivity contribution in [3.63, 3.8) is 0 Å². The topological polar surface area (TPSA) is 54.3 Å². The molecule has 1 aromatic heterocycles. The van der Waals surface area contributed by atoms with Gasteiger partial charge in [-0.15, -0.1) is 0 Å². The first-order valence-corrected chi connectivity index (χ1v) is 8.27. The maximum Gasteiger partial charge on any atom is 0.234 e. The zero-order valence-electron chi connectivity index (χ0n) is 14.0. The van der Waals surface area contributed by atoms with Crippen LogP contribution in [0.25, 0.3) is 11.0 Å². The highest BCUT2D eigenvalue weighted by molar-refractivity contribution is 5.96. The minimum absolute atomic E-state index is 0.0713. The third-order valence-corrected chi connectivity index (χ3v) is 4.11. The van der Waals surface area contributed by atoms with Crippen molar-refractivity contribution in [2.24, 2.45) is 0 Å². The SMILES string of the molecule is CCNCc1ccccc1NC(=O)C(C)c1cc2ccccc2o1. The summed E-state index contributed by atoms with van der Waals surface area (Å²) in [5, 5.41) is 7.32. The van der Waals surface area contributed by atoms with Gasteiger partial charge in [-0.3, -0.25) is 4.79 Å². The minimum Gasteiger partial charge on any atom is -0.460 e. The molecule has 1 amide bonds. The van der Waals surface area contributed by atoms with Crippen molar-refractivity contribution in [3.8, 4) is 0 Å². The van der Waals surface area contributed by atoms with E-state index in [1.165, 1.54) is 0 Å². The first kappa shape index (κ1) is 16.3. The third-order valence-electron chi connectivity index (χ3n) is 4.11. The van der Waals surface area contributed by atoms with Crippen molar-refractivity contribution in [1.82, 2.24) is 5.32 Å². The van der Waals surface area contributed by atoms with E-state index in [4.69, 9.17) is 4.42 Å². The molecular formula is C20H22N2O2. The van der Waals surface area contributed by atoms with Crippen LogP contribution in [0.4, 0.5) is 5.69 Å². The highest BCUT2D eigenvalue weighted by Crippen LogP contribution is 2.26. The van der Waals surface area contributed by atoms with Gasteiger partial charge in [0.25, 0.3) is 0 Å². The van der Waals surface area contributed by atoms with Crippen LogP contribution >= 0.6 is 0 Å². The minimum atomic E-state index is -0.357. The summed E-state index contributed by atoms with van der Waals surface area (Å²) in [5.74, 6) is 0.250. The van der Waals surface area contributed by atoms with Gasteiger partial charge < -0.3 is 15.1 Å². The Balaban J connectivity index is 1.77. The third kappa shape index (κ3) is 3.49. The molecule has 0 saturated heterocycles. The molecule has 0 aliphatic carbocycles. The van der Waals surface area contributed by atoms with Crippen LogP contribution in [0.3, 0.4) is 0 Å². The number of hydrogen-bond acceptors (Lipinski definition) is 3. The average molecular weight is 322 g/mol. The van der Waals surface area contributed by atoms with Crippen LogP contribution < -0.4 is 10.6 Å². The molecule has 0 aliphatic heterocycles. The zero-order chi connectivity index (χ0) is 16.9. The Bertz CT molecular complexity index is 805. The van der Waals surface area contributed by atoms with Crippen molar-refractivity contribution < 1.29 is 9.21 Å². The Morgan fingerprint density at radius 2 is 1.88 bits per heavy atom. The van der Waals surface area contributed by atoms with Gasteiger partial charge >= 0.3 is 0 Å². The fraction of sp³-hybridized carbons (Fsp3) is 0.250. The van der Waals surface area contributed by atoms with Crippen molar-refractivity contribution in [2.45, 2.75) is 26.3 Å². The first-order valence-electron chi connectivity index (χ1n) is 8.27. The Labute approximate surface area is 141 Å². The Morgan fingerprint density at radius 3 is 2.67 bits per heavy atom. The lowest BCUT2D eigenvalue weighted by Gasteiger charge is -2.14. The van der Waals surface area contributed by atoms with Gasteiger partial charge in [-0.1, -0.05) is 43.3 Å². The van der Waals surface area contributed by atoms with Gasteiger partial charge in [0.1, 0.15) is 11.3 Å². The number of anilines is 1. The normalized spacial score (nSPS) is 12.2. The van der Waals surface area contributed by atoms with E-state index in [1.54, 1.807) is 0 Å². The van der Waals surface area contributed by atoms with Crippen molar-refractivity contribution in [2.75, 3.05) is 11.9 Å². The predicted octanol–water partition coefficient (Wildman–Crippen LogP) is 4.28. The molecule has 0 radical (unpaired) electrons. The van der Waals surface area contributed by atoms with E-state index >= 15 is 0 Å². The van der Waals surface area contributed by atoms with Gasteiger partial charge in [-0.2, -0.15) is 0 Å². The molecule has 1 heterocycles. The summed E-state index contributed by atoms with van der Waals surface area (Å²) < 4.78 is 5.81. The summed E-state index contributed by atoms with van der Waals surface area (Å²) in [6.07, 6.45) is 0. The highest BCUT2D eigenvalue weighted by Gasteiger charge is 2.20. The molecule has 2 N–H and O–H groups in total. The van der Waals surface area contributed by atoms with Crippen LogP contribution in [0.1, 0.15) is 31.1 Å². The maximum absolute atomic E-state index is 12.6. The van der Waals surface area contributed by atoms with Crippen molar-refractivity contribution in [3.05, 3.63) is 65.9 Å². The average Bonchev–Trinajstić information content (AvgIpc) is 3.04. The van der Waals surface area contributed by atoms with Gasteiger partial charge in [-0.25, -0.2) is 0 Å². The summed E-state index contributed by atoms with van der Waals surface area (Å²) in [7, 11) is 0. The monoisotopic (exact) mass is 322 g/mol. The number of furan rings is 1. The molecule has 4 nitrogen and oxygen atoms in total. The molecule has 2 aromatic carbocycles.